The van der Waals surface area contributed by atoms with Gasteiger partial charge in [0.15, 0.2) is 5.96 Å². The summed E-state index contributed by atoms with van der Waals surface area (Å²) in [6.07, 6.45) is 3.25. The van der Waals surface area contributed by atoms with Crippen molar-refractivity contribution in [3.05, 3.63) is 35.6 Å². The van der Waals surface area contributed by atoms with E-state index in [9.17, 15) is 4.39 Å². The Morgan fingerprint density at radius 3 is 2.92 bits per heavy atom. The molecule has 2 rings (SSSR count). The van der Waals surface area contributed by atoms with E-state index in [4.69, 9.17) is 9.47 Å². The number of nitrogens with zero attached hydrogens (tertiary/aromatic N) is 2. The normalized spacial score (nSPS) is 16.2. The van der Waals surface area contributed by atoms with Crippen LogP contribution in [-0.2, 0) is 16.0 Å². The maximum absolute atomic E-state index is 13.3. The fourth-order valence-electron chi connectivity index (χ4n) is 2.73. The lowest BCUT2D eigenvalue weighted by Gasteiger charge is -2.23. The molecule has 1 saturated heterocycles. The van der Waals surface area contributed by atoms with E-state index in [1.54, 1.807) is 19.2 Å². The van der Waals surface area contributed by atoms with Crippen molar-refractivity contribution in [3.8, 4) is 0 Å². The maximum Gasteiger partial charge on any atom is 0.193 e. The smallest absolute Gasteiger partial charge is 0.193 e. The van der Waals surface area contributed by atoms with Gasteiger partial charge in [0, 0.05) is 47.0 Å². The van der Waals surface area contributed by atoms with E-state index in [1.165, 1.54) is 6.07 Å². The second-order valence-electron chi connectivity index (χ2n) is 6.00. The van der Waals surface area contributed by atoms with Crippen LogP contribution in [0.15, 0.2) is 29.3 Å². The largest absolute Gasteiger partial charge is 0.381 e. The topological polar surface area (TPSA) is 46.1 Å². The second kappa shape index (κ2) is 10.3. The first-order valence-corrected chi connectivity index (χ1v) is 8.54. The van der Waals surface area contributed by atoms with Crippen molar-refractivity contribution in [2.24, 2.45) is 4.99 Å². The van der Waals surface area contributed by atoms with Gasteiger partial charge in [-0.3, -0.25) is 4.99 Å². The number of hydrogen-bond donors (Lipinski definition) is 1. The number of ether oxygens (including phenoxy) is 2. The molecule has 0 aliphatic carbocycles. The van der Waals surface area contributed by atoms with Crippen molar-refractivity contribution < 1.29 is 13.9 Å². The Balaban J connectivity index is 1.65. The Kier molecular flexibility index (Phi) is 7.98. The first kappa shape index (κ1) is 18.7. The number of nitrogens with one attached hydrogen (secondary N) is 1. The average molecular weight is 337 g/mol. The van der Waals surface area contributed by atoms with Gasteiger partial charge in [0.05, 0.1) is 6.10 Å². The summed E-state index contributed by atoms with van der Waals surface area (Å²) in [6.45, 7) is 3.75. The fraction of sp³-hybridized carbons (Fsp3) is 0.611. The standard InChI is InChI=1S/C18H28FN3O2/c1-20-18(22(2)14-15-5-3-6-16(19)13-15)21-9-4-10-24-17-7-11-23-12-8-17/h3,5-6,13,17H,4,7-12,14H2,1-2H3,(H,20,21). The van der Waals surface area contributed by atoms with Gasteiger partial charge >= 0.3 is 0 Å². The molecule has 5 nitrogen and oxygen atoms in total. The van der Waals surface area contributed by atoms with Crippen molar-refractivity contribution in [2.75, 3.05) is 40.5 Å². The molecule has 0 aromatic heterocycles. The zero-order chi connectivity index (χ0) is 17.2. The average Bonchev–Trinajstić information content (AvgIpc) is 2.59. The van der Waals surface area contributed by atoms with Crippen LogP contribution in [0.5, 0.6) is 0 Å². The van der Waals surface area contributed by atoms with Crippen LogP contribution in [0.25, 0.3) is 0 Å². The minimum atomic E-state index is -0.214. The Labute approximate surface area is 143 Å². The summed E-state index contributed by atoms with van der Waals surface area (Å²) in [7, 11) is 3.70. The van der Waals surface area contributed by atoms with Crippen LogP contribution in [0.4, 0.5) is 4.39 Å². The maximum atomic E-state index is 13.3. The van der Waals surface area contributed by atoms with Crippen LogP contribution in [0.3, 0.4) is 0 Å². The predicted octanol–water partition coefficient (Wildman–Crippen LogP) is 2.42. The molecular weight excluding hydrogens is 309 g/mol. The molecule has 24 heavy (non-hydrogen) atoms. The molecule has 0 atom stereocenters. The van der Waals surface area contributed by atoms with E-state index in [2.05, 4.69) is 10.3 Å². The molecule has 1 N–H and O–H groups in total. The third-order valence-corrected chi connectivity index (χ3v) is 4.01. The molecule has 134 valence electrons. The van der Waals surface area contributed by atoms with Gasteiger partial charge in [-0.05, 0) is 37.0 Å². The SMILES string of the molecule is CN=C(NCCCOC1CCOCC1)N(C)Cc1cccc(F)c1. The van der Waals surface area contributed by atoms with Gasteiger partial charge in [-0.25, -0.2) is 4.39 Å². The Bertz CT molecular complexity index is 519. The van der Waals surface area contributed by atoms with Crippen LogP contribution in [0.2, 0.25) is 0 Å². The lowest BCUT2D eigenvalue weighted by atomic mass is 10.1. The van der Waals surface area contributed by atoms with Crippen LogP contribution in [0.1, 0.15) is 24.8 Å². The van der Waals surface area contributed by atoms with E-state index >= 15 is 0 Å². The van der Waals surface area contributed by atoms with Crippen molar-refractivity contribution in [1.82, 2.24) is 10.2 Å². The van der Waals surface area contributed by atoms with Crippen LogP contribution >= 0.6 is 0 Å². The molecule has 1 aromatic rings. The van der Waals surface area contributed by atoms with E-state index in [1.807, 2.05) is 18.0 Å². The Hall–Kier alpha value is -1.66. The highest BCUT2D eigenvalue weighted by Gasteiger charge is 2.13. The third kappa shape index (κ3) is 6.45. The van der Waals surface area contributed by atoms with E-state index < -0.39 is 0 Å². The molecule has 0 amide bonds. The van der Waals surface area contributed by atoms with Crippen LogP contribution in [0, 0.1) is 5.82 Å². The second-order valence-corrected chi connectivity index (χ2v) is 6.00. The van der Waals surface area contributed by atoms with Crippen molar-refractivity contribution in [1.29, 1.82) is 0 Å². The number of halogens is 1. The summed E-state index contributed by atoms with van der Waals surface area (Å²) in [5, 5.41) is 3.32. The first-order chi connectivity index (χ1) is 11.7. The van der Waals surface area contributed by atoms with Gasteiger partial charge in [0.2, 0.25) is 0 Å². The third-order valence-electron chi connectivity index (χ3n) is 4.01. The highest BCUT2D eigenvalue weighted by Crippen LogP contribution is 2.10. The highest BCUT2D eigenvalue weighted by molar-refractivity contribution is 5.79. The summed E-state index contributed by atoms with van der Waals surface area (Å²) in [4.78, 5) is 6.25. The van der Waals surface area contributed by atoms with Gasteiger partial charge in [0.25, 0.3) is 0 Å². The van der Waals surface area contributed by atoms with E-state index in [-0.39, 0.29) is 5.82 Å². The zero-order valence-electron chi connectivity index (χ0n) is 14.6. The Morgan fingerprint density at radius 1 is 1.42 bits per heavy atom. The summed E-state index contributed by atoms with van der Waals surface area (Å²) in [5.41, 5.74) is 0.920. The molecule has 1 heterocycles. The first-order valence-electron chi connectivity index (χ1n) is 8.54. The van der Waals surface area contributed by atoms with E-state index in [0.717, 1.165) is 57.2 Å². The lowest BCUT2D eigenvalue weighted by Crippen LogP contribution is -2.39. The Morgan fingerprint density at radius 2 is 2.21 bits per heavy atom. The van der Waals surface area contributed by atoms with Gasteiger partial charge in [-0.1, -0.05) is 12.1 Å². The quantitative estimate of drug-likeness (QED) is 0.471. The van der Waals surface area contributed by atoms with Gasteiger partial charge < -0.3 is 19.7 Å². The van der Waals surface area contributed by atoms with Crippen LogP contribution in [-0.4, -0.2) is 57.4 Å². The molecule has 1 aliphatic rings. The molecule has 6 heteroatoms. The highest BCUT2D eigenvalue weighted by atomic mass is 19.1. The summed E-state index contributed by atoms with van der Waals surface area (Å²) in [5.74, 6) is 0.583. The molecule has 0 saturated carbocycles. The lowest BCUT2D eigenvalue weighted by molar-refractivity contribution is -0.0320. The molecule has 0 bridgehead atoms. The zero-order valence-corrected chi connectivity index (χ0v) is 14.6. The number of rotatable bonds is 7. The number of aliphatic imine (C=N–C) groups is 1. The van der Waals surface area contributed by atoms with Gasteiger partial charge in [0.1, 0.15) is 5.82 Å². The minimum Gasteiger partial charge on any atom is -0.381 e. The van der Waals surface area contributed by atoms with Crippen LogP contribution < -0.4 is 5.32 Å². The van der Waals surface area contributed by atoms with E-state index in [0.29, 0.717) is 12.6 Å². The molecule has 0 spiro atoms. The molecule has 1 aliphatic heterocycles. The van der Waals surface area contributed by atoms with Crippen molar-refractivity contribution >= 4 is 5.96 Å². The molecule has 1 fully saturated rings. The van der Waals surface area contributed by atoms with Crippen molar-refractivity contribution in [2.45, 2.75) is 31.9 Å². The summed E-state index contributed by atoms with van der Waals surface area (Å²) in [6, 6.07) is 6.64. The molecule has 1 aromatic carbocycles. The minimum absolute atomic E-state index is 0.214. The summed E-state index contributed by atoms with van der Waals surface area (Å²) < 4.78 is 24.4. The monoisotopic (exact) mass is 337 g/mol. The van der Waals surface area contributed by atoms with Crippen molar-refractivity contribution in [3.63, 3.8) is 0 Å². The summed E-state index contributed by atoms with van der Waals surface area (Å²) >= 11 is 0. The molecule has 0 unspecified atom stereocenters. The number of hydrogen-bond acceptors (Lipinski definition) is 3. The van der Waals surface area contributed by atoms with Gasteiger partial charge in [-0.2, -0.15) is 0 Å². The predicted molar refractivity (Wildman–Crippen MR) is 93.6 cm³/mol. The molecular formula is C18H28FN3O2. The molecule has 0 radical (unpaired) electrons. The number of benzene rings is 1. The fourth-order valence-corrected chi connectivity index (χ4v) is 2.73. The number of guanidine groups is 1. The van der Waals surface area contributed by atoms with Gasteiger partial charge in [-0.15, -0.1) is 0 Å².